The molecule has 2 aromatic carbocycles. The van der Waals surface area contributed by atoms with E-state index >= 15 is 0 Å². The number of rotatable bonds is 5. The van der Waals surface area contributed by atoms with Crippen LogP contribution in [0.5, 0.6) is 0 Å². The summed E-state index contributed by atoms with van der Waals surface area (Å²) in [5, 5.41) is 5.13. The molecule has 5 nitrogen and oxygen atoms in total. The second kappa shape index (κ2) is 9.02. The smallest absolute Gasteiger partial charge is 0.247 e. The van der Waals surface area contributed by atoms with Crippen LogP contribution in [0.1, 0.15) is 43.0 Å². The first-order chi connectivity index (χ1) is 15.3. The van der Waals surface area contributed by atoms with Crippen LogP contribution in [0.25, 0.3) is 10.9 Å². The van der Waals surface area contributed by atoms with E-state index in [1.807, 2.05) is 45.2 Å². The minimum atomic E-state index is -0.716. The van der Waals surface area contributed by atoms with Crippen molar-refractivity contribution in [3.63, 3.8) is 0 Å². The average molecular weight is 450 g/mol. The lowest BCUT2D eigenvalue weighted by atomic mass is 10.0. The summed E-state index contributed by atoms with van der Waals surface area (Å²) in [6.45, 7) is 8.92. The first-order valence-electron chi connectivity index (χ1n) is 11.2. The van der Waals surface area contributed by atoms with Crippen LogP contribution in [-0.2, 0) is 16.6 Å². The van der Waals surface area contributed by atoms with Crippen molar-refractivity contribution < 1.29 is 9.59 Å². The number of carbonyl (C=O) groups is 2. The van der Waals surface area contributed by atoms with Crippen molar-refractivity contribution in [3.05, 3.63) is 59.2 Å². The lowest BCUT2D eigenvalue weighted by molar-refractivity contribution is -0.125. The predicted octanol–water partition coefficient (Wildman–Crippen LogP) is 5.14. The van der Waals surface area contributed by atoms with Crippen molar-refractivity contribution in [3.8, 4) is 0 Å². The van der Waals surface area contributed by atoms with Gasteiger partial charge in [-0.2, -0.15) is 0 Å². The summed E-state index contributed by atoms with van der Waals surface area (Å²) in [4.78, 5) is 28.9. The van der Waals surface area contributed by atoms with Crippen LogP contribution < -0.4 is 10.2 Å². The Balaban J connectivity index is 1.91. The van der Waals surface area contributed by atoms with E-state index in [4.69, 9.17) is 0 Å². The normalized spacial score (nSPS) is 16.4. The second-order valence-corrected chi connectivity index (χ2v) is 10.0. The molecule has 4 rings (SSSR count). The van der Waals surface area contributed by atoms with E-state index in [1.54, 1.807) is 4.90 Å². The van der Waals surface area contributed by atoms with E-state index in [-0.39, 0.29) is 11.8 Å². The Kier molecular flexibility index (Phi) is 6.33. The van der Waals surface area contributed by atoms with Crippen molar-refractivity contribution >= 4 is 40.2 Å². The molecule has 1 N–H and O–H groups in total. The van der Waals surface area contributed by atoms with E-state index in [2.05, 4.69) is 41.9 Å². The van der Waals surface area contributed by atoms with Crippen LogP contribution in [0.3, 0.4) is 0 Å². The van der Waals surface area contributed by atoms with Gasteiger partial charge < -0.3 is 9.88 Å². The van der Waals surface area contributed by atoms with E-state index in [1.165, 1.54) is 11.8 Å². The Morgan fingerprint density at radius 1 is 1.16 bits per heavy atom. The maximum Gasteiger partial charge on any atom is 0.247 e. The minimum Gasteiger partial charge on any atom is -0.354 e. The van der Waals surface area contributed by atoms with E-state index in [0.29, 0.717) is 18.2 Å². The lowest BCUT2D eigenvalue weighted by Gasteiger charge is -2.30. The number of thioether (sulfide) groups is 1. The van der Waals surface area contributed by atoms with Crippen molar-refractivity contribution in [2.75, 3.05) is 17.2 Å². The van der Waals surface area contributed by atoms with Gasteiger partial charge in [0.1, 0.15) is 6.04 Å². The quantitative estimate of drug-likeness (QED) is 0.587. The first kappa shape index (κ1) is 22.5. The molecule has 0 bridgehead atoms. The van der Waals surface area contributed by atoms with Gasteiger partial charge in [0, 0.05) is 35.7 Å². The molecule has 1 atom stereocenters. The van der Waals surface area contributed by atoms with Crippen LogP contribution in [-0.4, -0.2) is 28.7 Å². The van der Waals surface area contributed by atoms with Gasteiger partial charge in [0.15, 0.2) is 0 Å². The van der Waals surface area contributed by atoms with Crippen LogP contribution in [0.4, 0.5) is 5.69 Å². The van der Waals surface area contributed by atoms with Crippen LogP contribution in [0.15, 0.2) is 47.5 Å². The fourth-order valence-corrected chi connectivity index (χ4v) is 5.59. The molecule has 0 fully saturated rings. The van der Waals surface area contributed by atoms with Crippen molar-refractivity contribution in [1.29, 1.82) is 0 Å². The SMILES string of the molecule is Cc1cc(C)cc(N2C(=O)CSc3c(c4ccccc4n3C)[C@@H]2C(=O)NCCC(C)C)c1. The summed E-state index contributed by atoms with van der Waals surface area (Å²) in [5.41, 5.74) is 4.90. The van der Waals surface area contributed by atoms with Crippen LogP contribution >= 0.6 is 11.8 Å². The fourth-order valence-electron chi connectivity index (χ4n) is 4.52. The Hall–Kier alpha value is -2.73. The summed E-state index contributed by atoms with van der Waals surface area (Å²) in [5.74, 6) is 0.604. The number of aryl methyl sites for hydroxylation is 3. The number of benzene rings is 2. The van der Waals surface area contributed by atoms with Gasteiger partial charge in [-0.05, 0) is 55.5 Å². The van der Waals surface area contributed by atoms with Gasteiger partial charge in [-0.1, -0.05) is 49.9 Å². The van der Waals surface area contributed by atoms with E-state index in [0.717, 1.165) is 44.7 Å². The molecule has 0 radical (unpaired) electrons. The third-order valence-electron chi connectivity index (χ3n) is 5.98. The number of aromatic nitrogens is 1. The topological polar surface area (TPSA) is 54.3 Å². The molecule has 0 saturated heterocycles. The highest BCUT2D eigenvalue weighted by molar-refractivity contribution is 8.00. The highest BCUT2D eigenvalue weighted by Gasteiger charge is 2.39. The molecule has 2 heterocycles. The monoisotopic (exact) mass is 449 g/mol. The molecule has 0 spiro atoms. The highest BCUT2D eigenvalue weighted by Crippen LogP contribution is 2.43. The van der Waals surface area contributed by atoms with Gasteiger partial charge in [-0.25, -0.2) is 0 Å². The number of carbonyl (C=O) groups excluding carboxylic acids is 2. The maximum absolute atomic E-state index is 13.7. The molecule has 32 heavy (non-hydrogen) atoms. The third-order valence-corrected chi connectivity index (χ3v) is 7.14. The Labute approximate surface area is 194 Å². The van der Waals surface area contributed by atoms with Crippen molar-refractivity contribution in [1.82, 2.24) is 9.88 Å². The summed E-state index contributed by atoms with van der Waals surface area (Å²) < 4.78 is 2.11. The molecule has 0 aliphatic carbocycles. The van der Waals surface area contributed by atoms with Gasteiger partial charge in [-0.15, -0.1) is 0 Å². The Bertz CT molecular complexity index is 1160. The van der Waals surface area contributed by atoms with Gasteiger partial charge in [0.25, 0.3) is 0 Å². The summed E-state index contributed by atoms with van der Waals surface area (Å²) in [6.07, 6.45) is 0.896. The molecule has 0 unspecified atom stereocenters. The number of hydrogen-bond donors (Lipinski definition) is 1. The van der Waals surface area contributed by atoms with Crippen LogP contribution in [0, 0.1) is 19.8 Å². The summed E-state index contributed by atoms with van der Waals surface area (Å²) in [6, 6.07) is 13.5. The largest absolute Gasteiger partial charge is 0.354 e. The van der Waals surface area contributed by atoms with Gasteiger partial charge in [0.05, 0.1) is 10.8 Å². The molecular formula is C26H31N3O2S. The van der Waals surface area contributed by atoms with Gasteiger partial charge in [0.2, 0.25) is 11.8 Å². The molecule has 1 aliphatic rings. The second-order valence-electron chi connectivity index (χ2n) is 9.07. The minimum absolute atomic E-state index is 0.0516. The Morgan fingerprint density at radius 3 is 2.53 bits per heavy atom. The standard InChI is InChI=1S/C26H31N3O2S/c1-16(2)10-11-27-25(31)24-23-20-8-6-7-9-21(20)28(5)26(23)32-15-22(30)29(24)19-13-17(3)12-18(4)14-19/h6-9,12-14,16,24H,10-11,15H2,1-5H3,(H,27,31)/t24-/m1/s1. The summed E-state index contributed by atoms with van der Waals surface area (Å²) in [7, 11) is 2.01. The number of fused-ring (bicyclic) bond motifs is 3. The molecular weight excluding hydrogens is 418 g/mol. The third kappa shape index (κ3) is 4.16. The zero-order chi connectivity index (χ0) is 23.0. The average Bonchev–Trinajstić information content (AvgIpc) is 2.90. The summed E-state index contributed by atoms with van der Waals surface area (Å²) >= 11 is 1.52. The number of nitrogens with one attached hydrogen (secondary N) is 1. The number of hydrogen-bond acceptors (Lipinski definition) is 3. The van der Waals surface area contributed by atoms with Crippen LogP contribution in [0.2, 0.25) is 0 Å². The van der Waals surface area contributed by atoms with Crippen molar-refractivity contribution in [2.24, 2.45) is 13.0 Å². The molecule has 0 saturated carbocycles. The van der Waals surface area contributed by atoms with E-state index < -0.39 is 6.04 Å². The molecule has 2 amide bonds. The molecule has 3 aromatic rings. The van der Waals surface area contributed by atoms with E-state index in [9.17, 15) is 9.59 Å². The zero-order valence-electron chi connectivity index (χ0n) is 19.4. The molecule has 6 heteroatoms. The number of anilines is 1. The molecule has 168 valence electrons. The van der Waals surface area contributed by atoms with Crippen molar-refractivity contribution in [2.45, 2.75) is 45.2 Å². The highest BCUT2D eigenvalue weighted by atomic mass is 32.2. The molecule has 1 aromatic heterocycles. The maximum atomic E-state index is 13.7. The zero-order valence-corrected chi connectivity index (χ0v) is 20.3. The van der Waals surface area contributed by atoms with Gasteiger partial charge >= 0.3 is 0 Å². The predicted molar refractivity (Wildman–Crippen MR) is 132 cm³/mol. The number of amides is 2. The first-order valence-corrected chi connectivity index (χ1v) is 12.1. The Morgan fingerprint density at radius 2 is 1.84 bits per heavy atom. The number of nitrogens with zero attached hydrogens (tertiary/aromatic N) is 2. The fraction of sp³-hybridized carbons (Fsp3) is 0.385. The molecule has 1 aliphatic heterocycles. The number of para-hydroxylation sites is 1. The van der Waals surface area contributed by atoms with Gasteiger partial charge in [-0.3, -0.25) is 14.5 Å². The lowest BCUT2D eigenvalue weighted by Crippen LogP contribution is -2.44.